The number of carbonyl (C=O) groups excluding carboxylic acids is 2. The topological polar surface area (TPSA) is 55.4 Å². The molecule has 2 rings (SSSR count). The van der Waals surface area contributed by atoms with Crippen molar-refractivity contribution in [1.29, 1.82) is 0 Å². The number of rotatable bonds is 8. The number of hydrogen-bond acceptors (Lipinski definition) is 5. The summed E-state index contributed by atoms with van der Waals surface area (Å²) in [5.74, 6) is 0.0961. The van der Waals surface area contributed by atoms with Crippen molar-refractivity contribution in [2.24, 2.45) is 0 Å². The van der Waals surface area contributed by atoms with E-state index in [0.29, 0.717) is 6.54 Å². The van der Waals surface area contributed by atoms with Crippen LogP contribution in [0.1, 0.15) is 5.56 Å². The van der Waals surface area contributed by atoms with Gasteiger partial charge in [-0.15, -0.1) is 11.8 Å². The van der Waals surface area contributed by atoms with E-state index in [2.05, 4.69) is 21.2 Å². The summed E-state index contributed by atoms with van der Waals surface area (Å²) in [6, 6.07) is 9.86. The molecule has 1 aromatic carbocycles. The molecule has 122 valence electrons. The molecule has 0 spiro atoms. The standard InChI is InChI=1S/C16H16BrNO3S2/c17-13-1-3-14(4-2-13)23-8-6-18-15(19)10-21-16(20)9-12-5-7-22-11-12/h1-5,7,11H,6,8-10H2,(H,18,19). The van der Waals surface area contributed by atoms with E-state index in [1.807, 2.05) is 41.1 Å². The number of carbonyl (C=O) groups is 2. The smallest absolute Gasteiger partial charge is 0.310 e. The first-order chi connectivity index (χ1) is 11.1. The Morgan fingerprint density at radius 2 is 2.00 bits per heavy atom. The lowest BCUT2D eigenvalue weighted by atomic mass is 10.2. The van der Waals surface area contributed by atoms with Crippen LogP contribution in [-0.4, -0.2) is 30.8 Å². The summed E-state index contributed by atoms with van der Waals surface area (Å²) in [5, 5.41) is 6.53. The van der Waals surface area contributed by atoms with Gasteiger partial charge in [0.25, 0.3) is 5.91 Å². The molecule has 2 aromatic rings. The molecule has 0 aliphatic rings. The lowest BCUT2D eigenvalue weighted by Gasteiger charge is -2.06. The molecule has 4 nitrogen and oxygen atoms in total. The predicted molar refractivity (Wildman–Crippen MR) is 96.9 cm³/mol. The zero-order valence-electron chi connectivity index (χ0n) is 12.3. The van der Waals surface area contributed by atoms with E-state index in [1.54, 1.807) is 11.8 Å². The number of ether oxygens (including phenoxy) is 1. The van der Waals surface area contributed by atoms with E-state index < -0.39 is 0 Å². The molecule has 1 aromatic heterocycles. The number of esters is 1. The monoisotopic (exact) mass is 413 g/mol. The Hall–Kier alpha value is -1.31. The molecule has 0 unspecified atom stereocenters. The number of hydrogen-bond donors (Lipinski definition) is 1. The summed E-state index contributed by atoms with van der Waals surface area (Å²) < 4.78 is 5.99. The van der Waals surface area contributed by atoms with Gasteiger partial charge in [-0.2, -0.15) is 11.3 Å². The highest BCUT2D eigenvalue weighted by atomic mass is 79.9. The SMILES string of the molecule is O=C(COC(=O)Cc1ccsc1)NCCSc1ccc(Br)cc1. The average Bonchev–Trinajstić information content (AvgIpc) is 3.04. The van der Waals surface area contributed by atoms with Crippen LogP contribution in [0.25, 0.3) is 0 Å². The van der Waals surface area contributed by atoms with Gasteiger partial charge in [0.05, 0.1) is 6.42 Å². The fourth-order valence-corrected chi connectivity index (χ4v) is 3.40. The fraction of sp³-hybridized carbons (Fsp3) is 0.250. The van der Waals surface area contributed by atoms with Crippen LogP contribution in [0.3, 0.4) is 0 Å². The molecule has 0 saturated carbocycles. The maximum atomic E-state index is 11.6. The lowest BCUT2D eigenvalue weighted by Crippen LogP contribution is -2.30. The summed E-state index contributed by atoms with van der Waals surface area (Å²) in [6.07, 6.45) is 0.205. The van der Waals surface area contributed by atoms with Gasteiger partial charge < -0.3 is 10.1 Å². The molecule has 0 aliphatic heterocycles. The third-order valence-electron chi connectivity index (χ3n) is 2.80. The number of benzene rings is 1. The molecule has 0 aliphatic carbocycles. The molecule has 1 amide bonds. The second-order valence-corrected chi connectivity index (χ2v) is 7.49. The molecule has 7 heteroatoms. The molecule has 0 fully saturated rings. The van der Waals surface area contributed by atoms with E-state index in [-0.39, 0.29) is 24.9 Å². The zero-order valence-corrected chi connectivity index (χ0v) is 15.5. The van der Waals surface area contributed by atoms with Gasteiger partial charge in [-0.05, 0) is 46.7 Å². The zero-order chi connectivity index (χ0) is 16.5. The minimum Gasteiger partial charge on any atom is -0.455 e. The summed E-state index contributed by atoms with van der Waals surface area (Å²) in [4.78, 5) is 24.3. The Balaban J connectivity index is 1.56. The molecule has 23 heavy (non-hydrogen) atoms. The van der Waals surface area contributed by atoms with Crippen molar-refractivity contribution in [2.45, 2.75) is 11.3 Å². The van der Waals surface area contributed by atoms with E-state index in [0.717, 1.165) is 20.7 Å². The van der Waals surface area contributed by atoms with Gasteiger partial charge in [0.15, 0.2) is 6.61 Å². The van der Waals surface area contributed by atoms with Gasteiger partial charge in [0, 0.05) is 21.7 Å². The highest BCUT2D eigenvalue weighted by Crippen LogP contribution is 2.19. The molecule has 1 heterocycles. The molecule has 0 radical (unpaired) electrons. The highest BCUT2D eigenvalue weighted by molar-refractivity contribution is 9.10. The second kappa shape index (κ2) is 9.75. The number of amides is 1. The van der Waals surface area contributed by atoms with Crippen molar-refractivity contribution < 1.29 is 14.3 Å². The summed E-state index contributed by atoms with van der Waals surface area (Å²) in [7, 11) is 0. The maximum absolute atomic E-state index is 11.6. The van der Waals surface area contributed by atoms with E-state index >= 15 is 0 Å². The molecule has 1 N–H and O–H groups in total. The fourth-order valence-electron chi connectivity index (χ4n) is 1.70. The summed E-state index contributed by atoms with van der Waals surface area (Å²) in [5.41, 5.74) is 0.909. The van der Waals surface area contributed by atoms with Crippen LogP contribution in [0.15, 0.2) is 50.5 Å². The number of nitrogens with one attached hydrogen (secondary N) is 1. The van der Waals surface area contributed by atoms with Gasteiger partial charge >= 0.3 is 5.97 Å². The number of halogens is 1. The van der Waals surface area contributed by atoms with Crippen LogP contribution >= 0.6 is 39.0 Å². The van der Waals surface area contributed by atoms with E-state index in [4.69, 9.17) is 4.74 Å². The van der Waals surface area contributed by atoms with Crippen molar-refractivity contribution in [3.05, 3.63) is 51.1 Å². The molecular weight excluding hydrogens is 398 g/mol. The van der Waals surface area contributed by atoms with Crippen molar-refractivity contribution in [2.75, 3.05) is 18.9 Å². The Labute approximate surface area is 151 Å². The molecule has 0 atom stereocenters. The Morgan fingerprint density at radius 3 is 2.70 bits per heavy atom. The molecule has 0 saturated heterocycles. The van der Waals surface area contributed by atoms with Crippen LogP contribution in [0.4, 0.5) is 0 Å². The second-order valence-electron chi connectivity index (χ2n) is 4.62. The van der Waals surface area contributed by atoms with Gasteiger partial charge in [0.1, 0.15) is 0 Å². The summed E-state index contributed by atoms with van der Waals surface area (Å²) in [6.45, 7) is 0.299. The quantitative estimate of drug-likeness (QED) is 0.408. The number of thiophene rings is 1. The lowest BCUT2D eigenvalue weighted by molar-refractivity contribution is -0.147. The number of thioether (sulfide) groups is 1. The van der Waals surface area contributed by atoms with E-state index in [9.17, 15) is 9.59 Å². The third-order valence-corrected chi connectivity index (χ3v) is 5.07. The molecule has 0 bridgehead atoms. The minimum absolute atomic E-state index is 0.205. The molecular formula is C16H16BrNO3S2. The largest absolute Gasteiger partial charge is 0.455 e. The average molecular weight is 414 g/mol. The first-order valence-corrected chi connectivity index (χ1v) is 9.67. The van der Waals surface area contributed by atoms with Gasteiger partial charge in [0.2, 0.25) is 0 Å². The van der Waals surface area contributed by atoms with Crippen molar-refractivity contribution >= 4 is 50.9 Å². The van der Waals surface area contributed by atoms with E-state index in [1.165, 1.54) is 11.3 Å². The van der Waals surface area contributed by atoms with Crippen molar-refractivity contribution in [1.82, 2.24) is 5.32 Å². The van der Waals surface area contributed by atoms with Gasteiger partial charge in [-0.25, -0.2) is 0 Å². The Bertz CT molecular complexity index is 629. The van der Waals surface area contributed by atoms with Crippen molar-refractivity contribution in [3.8, 4) is 0 Å². The normalized spacial score (nSPS) is 10.3. The Kier molecular flexibility index (Phi) is 7.64. The van der Waals surface area contributed by atoms with Crippen LogP contribution in [0.5, 0.6) is 0 Å². The highest BCUT2D eigenvalue weighted by Gasteiger charge is 2.08. The summed E-state index contributed by atoms with van der Waals surface area (Å²) >= 11 is 6.57. The van der Waals surface area contributed by atoms with Crippen molar-refractivity contribution in [3.63, 3.8) is 0 Å². The van der Waals surface area contributed by atoms with Crippen LogP contribution in [0.2, 0.25) is 0 Å². The van der Waals surface area contributed by atoms with Crippen LogP contribution in [-0.2, 0) is 20.7 Å². The third kappa shape index (κ3) is 7.20. The van der Waals surface area contributed by atoms with Gasteiger partial charge in [-0.3, -0.25) is 9.59 Å². The minimum atomic E-state index is -0.386. The Morgan fingerprint density at radius 1 is 1.22 bits per heavy atom. The van der Waals surface area contributed by atoms with Crippen LogP contribution < -0.4 is 5.32 Å². The van der Waals surface area contributed by atoms with Gasteiger partial charge in [-0.1, -0.05) is 15.9 Å². The maximum Gasteiger partial charge on any atom is 0.310 e. The first kappa shape index (κ1) is 18.0. The predicted octanol–water partition coefficient (Wildman–Crippen LogP) is 3.50. The van der Waals surface area contributed by atoms with Crippen LogP contribution in [0, 0.1) is 0 Å². The first-order valence-electron chi connectivity index (χ1n) is 6.95.